The molecule has 1 N–H and O–H groups in total. The Bertz CT molecular complexity index is 675. The first kappa shape index (κ1) is 12.9. The molecule has 0 bridgehead atoms. The number of imidazole rings is 1. The van der Waals surface area contributed by atoms with Gasteiger partial charge in [0.05, 0.1) is 0 Å². The molecule has 3 rings (SSSR count). The smallest absolute Gasteiger partial charge is 0.106 e. The number of H-pyrrole nitrogens is 1. The number of halogens is 1. The lowest BCUT2D eigenvalue weighted by atomic mass is 9.96. The van der Waals surface area contributed by atoms with Gasteiger partial charge in [0, 0.05) is 23.8 Å². The largest absolute Gasteiger partial charge is 0.349 e. The van der Waals surface area contributed by atoms with Crippen LogP contribution in [0.5, 0.6) is 0 Å². The average Bonchev–Trinajstić information content (AvgIpc) is 3.00. The SMILES string of the molecule is Clc1cccc(-c2ccccc2)c1CCc1ncc[nH]1. The van der Waals surface area contributed by atoms with Crippen LogP contribution in [0.15, 0.2) is 60.9 Å². The molecular formula is C17H15ClN2. The van der Waals surface area contributed by atoms with Gasteiger partial charge < -0.3 is 4.98 Å². The molecule has 0 atom stereocenters. The number of aromatic amines is 1. The van der Waals surface area contributed by atoms with Crippen LogP contribution in [0.25, 0.3) is 11.1 Å². The van der Waals surface area contributed by atoms with Gasteiger partial charge in [0.25, 0.3) is 0 Å². The molecule has 0 spiro atoms. The molecule has 0 aliphatic rings. The fourth-order valence-electron chi connectivity index (χ4n) is 2.38. The fourth-order valence-corrected chi connectivity index (χ4v) is 2.65. The van der Waals surface area contributed by atoms with Crippen LogP contribution < -0.4 is 0 Å². The third kappa shape index (κ3) is 2.75. The number of benzene rings is 2. The van der Waals surface area contributed by atoms with Crippen LogP contribution in [0.2, 0.25) is 5.02 Å². The maximum atomic E-state index is 6.39. The molecule has 3 heteroatoms. The maximum Gasteiger partial charge on any atom is 0.106 e. The van der Waals surface area contributed by atoms with Crippen molar-refractivity contribution in [1.82, 2.24) is 9.97 Å². The maximum absolute atomic E-state index is 6.39. The van der Waals surface area contributed by atoms with E-state index in [1.165, 1.54) is 16.7 Å². The highest BCUT2D eigenvalue weighted by Crippen LogP contribution is 2.29. The number of rotatable bonds is 4. The second kappa shape index (κ2) is 5.93. The zero-order valence-corrected chi connectivity index (χ0v) is 11.8. The number of aryl methyl sites for hydroxylation is 1. The van der Waals surface area contributed by atoms with E-state index in [-0.39, 0.29) is 0 Å². The standard InChI is InChI=1S/C17H15ClN2/c18-16-8-4-7-14(13-5-2-1-3-6-13)15(16)9-10-17-19-11-12-20-17/h1-8,11-12H,9-10H2,(H,19,20). The van der Waals surface area contributed by atoms with E-state index in [1.807, 2.05) is 36.5 Å². The van der Waals surface area contributed by atoms with Gasteiger partial charge in [-0.2, -0.15) is 0 Å². The molecule has 2 nitrogen and oxygen atoms in total. The Morgan fingerprint density at radius 1 is 0.950 bits per heavy atom. The van der Waals surface area contributed by atoms with Crippen LogP contribution in [-0.2, 0) is 12.8 Å². The summed E-state index contributed by atoms with van der Waals surface area (Å²) < 4.78 is 0. The summed E-state index contributed by atoms with van der Waals surface area (Å²) in [7, 11) is 0. The molecule has 0 saturated carbocycles. The molecule has 100 valence electrons. The molecule has 3 aromatic rings. The molecule has 20 heavy (non-hydrogen) atoms. The Labute approximate surface area is 123 Å². The van der Waals surface area contributed by atoms with E-state index in [2.05, 4.69) is 28.2 Å². The van der Waals surface area contributed by atoms with Crippen molar-refractivity contribution in [3.05, 3.63) is 77.3 Å². The molecule has 0 saturated heterocycles. The van der Waals surface area contributed by atoms with Crippen LogP contribution in [0.4, 0.5) is 0 Å². The zero-order valence-electron chi connectivity index (χ0n) is 11.0. The molecule has 0 aliphatic carbocycles. The minimum atomic E-state index is 0.818. The van der Waals surface area contributed by atoms with Gasteiger partial charge in [-0.25, -0.2) is 4.98 Å². The highest BCUT2D eigenvalue weighted by molar-refractivity contribution is 6.31. The number of nitrogens with one attached hydrogen (secondary N) is 1. The lowest BCUT2D eigenvalue weighted by Gasteiger charge is -2.11. The molecule has 1 heterocycles. The fraction of sp³-hybridized carbons (Fsp3) is 0.118. The molecule has 0 unspecified atom stereocenters. The van der Waals surface area contributed by atoms with Crippen molar-refractivity contribution in [3.63, 3.8) is 0 Å². The third-order valence-electron chi connectivity index (χ3n) is 3.37. The molecule has 0 aliphatic heterocycles. The predicted molar refractivity (Wildman–Crippen MR) is 82.9 cm³/mol. The van der Waals surface area contributed by atoms with E-state index in [9.17, 15) is 0 Å². The van der Waals surface area contributed by atoms with Gasteiger partial charge in [-0.3, -0.25) is 0 Å². The van der Waals surface area contributed by atoms with Crippen LogP contribution in [0, 0.1) is 0 Å². The Balaban J connectivity index is 1.93. The molecule has 0 amide bonds. The van der Waals surface area contributed by atoms with Gasteiger partial charge in [-0.05, 0) is 29.2 Å². The third-order valence-corrected chi connectivity index (χ3v) is 3.72. The van der Waals surface area contributed by atoms with Crippen molar-refractivity contribution >= 4 is 11.6 Å². The van der Waals surface area contributed by atoms with Gasteiger partial charge in [0.1, 0.15) is 5.82 Å². The summed E-state index contributed by atoms with van der Waals surface area (Å²) >= 11 is 6.39. The highest BCUT2D eigenvalue weighted by Gasteiger charge is 2.09. The van der Waals surface area contributed by atoms with Crippen molar-refractivity contribution in [2.45, 2.75) is 12.8 Å². The van der Waals surface area contributed by atoms with Crippen LogP contribution in [-0.4, -0.2) is 9.97 Å². The second-order valence-corrected chi connectivity index (χ2v) is 5.08. The molecule has 0 fully saturated rings. The minimum absolute atomic E-state index is 0.818. The van der Waals surface area contributed by atoms with Gasteiger partial charge in [0.2, 0.25) is 0 Å². The second-order valence-electron chi connectivity index (χ2n) is 4.67. The van der Waals surface area contributed by atoms with Crippen molar-refractivity contribution in [2.24, 2.45) is 0 Å². The average molecular weight is 283 g/mol. The summed E-state index contributed by atoms with van der Waals surface area (Å²) in [4.78, 5) is 7.40. The summed E-state index contributed by atoms with van der Waals surface area (Å²) in [6, 6.07) is 16.4. The van der Waals surface area contributed by atoms with E-state index < -0.39 is 0 Å². The van der Waals surface area contributed by atoms with Crippen molar-refractivity contribution in [3.8, 4) is 11.1 Å². The normalized spacial score (nSPS) is 10.7. The zero-order chi connectivity index (χ0) is 13.8. The van der Waals surface area contributed by atoms with Crippen LogP contribution in [0.1, 0.15) is 11.4 Å². The molecular weight excluding hydrogens is 268 g/mol. The summed E-state index contributed by atoms with van der Waals surface area (Å²) in [6.07, 6.45) is 5.36. The number of hydrogen-bond acceptors (Lipinski definition) is 1. The van der Waals surface area contributed by atoms with E-state index in [0.29, 0.717) is 0 Å². The van der Waals surface area contributed by atoms with E-state index in [1.54, 1.807) is 6.20 Å². The number of hydrogen-bond donors (Lipinski definition) is 1. The first-order chi connectivity index (χ1) is 9.84. The number of nitrogens with zero attached hydrogens (tertiary/aromatic N) is 1. The lowest BCUT2D eigenvalue weighted by molar-refractivity contribution is 0.886. The summed E-state index contributed by atoms with van der Waals surface area (Å²) in [5.41, 5.74) is 3.57. The van der Waals surface area contributed by atoms with Gasteiger partial charge in [-0.1, -0.05) is 54.1 Å². The Morgan fingerprint density at radius 3 is 2.55 bits per heavy atom. The topological polar surface area (TPSA) is 28.7 Å². The first-order valence-electron chi connectivity index (χ1n) is 6.65. The van der Waals surface area contributed by atoms with E-state index in [0.717, 1.165) is 23.7 Å². The Kier molecular flexibility index (Phi) is 3.84. The Hall–Kier alpha value is -2.06. The molecule has 1 aromatic heterocycles. The van der Waals surface area contributed by atoms with Gasteiger partial charge >= 0.3 is 0 Å². The van der Waals surface area contributed by atoms with Crippen molar-refractivity contribution in [2.75, 3.05) is 0 Å². The highest BCUT2D eigenvalue weighted by atomic mass is 35.5. The van der Waals surface area contributed by atoms with Crippen LogP contribution >= 0.6 is 11.6 Å². The number of aromatic nitrogens is 2. The van der Waals surface area contributed by atoms with Crippen LogP contribution in [0.3, 0.4) is 0 Å². The van der Waals surface area contributed by atoms with Crippen molar-refractivity contribution in [1.29, 1.82) is 0 Å². The van der Waals surface area contributed by atoms with Gasteiger partial charge in [-0.15, -0.1) is 0 Å². The van der Waals surface area contributed by atoms with Gasteiger partial charge in [0.15, 0.2) is 0 Å². The minimum Gasteiger partial charge on any atom is -0.349 e. The molecule has 2 aromatic carbocycles. The Morgan fingerprint density at radius 2 is 1.80 bits per heavy atom. The lowest BCUT2D eigenvalue weighted by Crippen LogP contribution is -1.97. The predicted octanol–water partition coefficient (Wildman–Crippen LogP) is 4.52. The van der Waals surface area contributed by atoms with E-state index >= 15 is 0 Å². The molecule has 0 radical (unpaired) electrons. The first-order valence-corrected chi connectivity index (χ1v) is 7.03. The quantitative estimate of drug-likeness (QED) is 0.749. The summed E-state index contributed by atoms with van der Waals surface area (Å²) in [5, 5.41) is 0.818. The summed E-state index contributed by atoms with van der Waals surface area (Å²) in [5.74, 6) is 0.990. The van der Waals surface area contributed by atoms with E-state index in [4.69, 9.17) is 11.6 Å². The van der Waals surface area contributed by atoms with Crippen molar-refractivity contribution < 1.29 is 0 Å². The summed E-state index contributed by atoms with van der Waals surface area (Å²) in [6.45, 7) is 0. The monoisotopic (exact) mass is 282 g/mol.